The maximum atomic E-state index is 13.5. The van der Waals surface area contributed by atoms with Crippen LogP contribution < -0.4 is 0 Å². The summed E-state index contributed by atoms with van der Waals surface area (Å²) in [6, 6.07) is 19.3. The van der Waals surface area contributed by atoms with Crippen molar-refractivity contribution >= 4 is 5.91 Å². The van der Waals surface area contributed by atoms with Crippen LogP contribution in [0.5, 0.6) is 0 Å². The smallest absolute Gasteiger partial charge is 0.253 e. The van der Waals surface area contributed by atoms with Gasteiger partial charge in [0.2, 0.25) is 0 Å². The van der Waals surface area contributed by atoms with Crippen molar-refractivity contribution in [2.75, 3.05) is 0 Å². The number of carbonyl (C=O) groups excluding carboxylic acids is 1. The van der Waals surface area contributed by atoms with Gasteiger partial charge in [-0.05, 0) is 30.2 Å². The van der Waals surface area contributed by atoms with E-state index in [2.05, 4.69) is 11.1 Å². The van der Waals surface area contributed by atoms with Gasteiger partial charge in [-0.3, -0.25) is 4.79 Å². The number of imidazole rings is 1. The second-order valence-electron chi connectivity index (χ2n) is 6.66. The zero-order valence-electron chi connectivity index (χ0n) is 14.5. The molecule has 0 spiro atoms. The molecule has 0 bridgehead atoms. The minimum atomic E-state index is -0.882. The number of fused-ring (bicyclic) bond motifs is 1. The Bertz CT molecular complexity index is 985. The molecule has 2 aromatic carbocycles. The third kappa shape index (κ3) is 2.47. The van der Waals surface area contributed by atoms with Gasteiger partial charge in [0.05, 0.1) is 30.2 Å². The quantitative estimate of drug-likeness (QED) is 0.735. The molecule has 26 heavy (non-hydrogen) atoms. The monoisotopic (exact) mass is 342 g/mol. The summed E-state index contributed by atoms with van der Waals surface area (Å²) in [6.07, 6.45) is 3.53. The average Bonchev–Trinajstić information content (AvgIpc) is 3.16. The molecule has 0 N–H and O–H groups in total. The third-order valence-corrected chi connectivity index (χ3v) is 5.05. The summed E-state index contributed by atoms with van der Waals surface area (Å²) in [5.74, 6) is 0.0246. The van der Waals surface area contributed by atoms with E-state index in [9.17, 15) is 4.79 Å². The molecule has 1 aliphatic rings. The van der Waals surface area contributed by atoms with Crippen LogP contribution in [-0.4, -0.2) is 20.4 Å². The molecule has 0 saturated carbocycles. The highest BCUT2D eigenvalue weighted by molar-refractivity contribution is 5.89. The van der Waals surface area contributed by atoms with Crippen LogP contribution in [0.25, 0.3) is 0 Å². The fourth-order valence-corrected chi connectivity index (χ4v) is 3.58. The number of nitrogens with zero attached hydrogens (tertiary/aromatic N) is 4. The van der Waals surface area contributed by atoms with Gasteiger partial charge in [-0.25, -0.2) is 4.98 Å². The van der Waals surface area contributed by atoms with Gasteiger partial charge in [-0.15, -0.1) is 0 Å². The largest absolute Gasteiger partial charge is 0.330 e. The van der Waals surface area contributed by atoms with E-state index in [1.807, 2.05) is 65.1 Å². The van der Waals surface area contributed by atoms with Crippen molar-refractivity contribution in [3.63, 3.8) is 0 Å². The molecule has 5 nitrogen and oxygen atoms in total. The standard InChI is InChI=1S/C21H18N4O/c1-21(18-9-7-16(11-22)8-10-18)20(26)24(13-17-5-3-2-4-6-17)14-19-12-23-15-25(19)21/h2-10,12,15H,13-14H2,1H3. The molecule has 1 atom stereocenters. The first-order valence-electron chi connectivity index (χ1n) is 8.48. The van der Waals surface area contributed by atoms with Crippen LogP contribution in [-0.2, 0) is 23.4 Å². The van der Waals surface area contributed by atoms with E-state index >= 15 is 0 Å². The SMILES string of the molecule is CC1(c2ccc(C#N)cc2)C(=O)N(Cc2ccccc2)Cc2cncn21. The normalized spacial score (nSPS) is 19.1. The van der Waals surface area contributed by atoms with Crippen molar-refractivity contribution in [2.24, 2.45) is 0 Å². The summed E-state index contributed by atoms with van der Waals surface area (Å²) >= 11 is 0. The Morgan fingerprint density at radius 3 is 2.58 bits per heavy atom. The van der Waals surface area contributed by atoms with E-state index in [0.717, 1.165) is 16.8 Å². The van der Waals surface area contributed by atoms with Crippen molar-refractivity contribution in [3.05, 3.63) is 89.5 Å². The lowest BCUT2D eigenvalue weighted by Crippen LogP contribution is -2.53. The Labute approximate surface area is 152 Å². The molecule has 5 heteroatoms. The lowest BCUT2D eigenvalue weighted by molar-refractivity contribution is -0.141. The van der Waals surface area contributed by atoms with E-state index < -0.39 is 5.54 Å². The molecule has 4 rings (SSSR count). The Hall–Kier alpha value is -3.39. The summed E-state index contributed by atoms with van der Waals surface area (Å²) in [5.41, 5.74) is 2.63. The number of aromatic nitrogens is 2. The van der Waals surface area contributed by atoms with Crippen molar-refractivity contribution in [2.45, 2.75) is 25.6 Å². The van der Waals surface area contributed by atoms with E-state index in [1.165, 1.54) is 0 Å². The molecule has 3 aromatic rings. The van der Waals surface area contributed by atoms with E-state index in [-0.39, 0.29) is 5.91 Å². The number of hydrogen-bond acceptors (Lipinski definition) is 3. The van der Waals surface area contributed by atoms with Crippen LogP contribution in [0.3, 0.4) is 0 Å². The third-order valence-electron chi connectivity index (χ3n) is 5.05. The Morgan fingerprint density at radius 1 is 1.15 bits per heavy atom. The maximum absolute atomic E-state index is 13.5. The Morgan fingerprint density at radius 2 is 1.88 bits per heavy atom. The highest BCUT2D eigenvalue weighted by Gasteiger charge is 2.44. The molecule has 1 aliphatic heterocycles. The van der Waals surface area contributed by atoms with Gasteiger partial charge in [-0.2, -0.15) is 5.26 Å². The summed E-state index contributed by atoms with van der Waals surface area (Å²) in [7, 11) is 0. The first kappa shape index (κ1) is 16.1. The topological polar surface area (TPSA) is 61.9 Å². The zero-order valence-corrected chi connectivity index (χ0v) is 14.5. The number of nitriles is 1. The van der Waals surface area contributed by atoms with E-state index in [4.69, 9.17) is 5.26 Å². The molecule has 0 aliphatic carbocycles. The highest BCUT2D eigenvalue weighted by atomic mass is 16.2. The Kier molecular flexibility index (Phi) is 3.81. The van der Waals surface area contributed by atoms with Gasteiger partial charge < -0.3 is 9.47 Å². The lowest BCUT2D eigenvalue weighted by Gasteiger charge is -2.41. The molecule has 1 unspecified atom stereocenters. The number of hydrogen-bond donors (Lipinski definition) is 0. The van der Waals surface area contributed by atoms with Crippen LogP contribution in [0.2, 0.25) is 0 Å². The van der Waals surface area contributed by atoms with Gasteiger partial charge in [0, 0.05) is 12.7 Å². The highest BCUT2D eigenvalue weighted by Crippen LogP contribution is 2.35. The molecular formula is C21H18N4O. The minimum Gasteiger partial charge on any atom is -0.330 e. The van der Waals surface area contributed by atoms with Crippen LogP contribution in [0.1, 0.15) is 29.3 Å². The van der Waals surface area contributed by atoms with Gasteiger partial charge >= 0.3 is 0 Å². The molecular weight excluding hydrogens is 324 g/mol. The average molecular weight is 342 g/mol. The van der Waals surface area contributed by atoms with Gasteiger partial charge in [0.1, 0.15) is 5.54 Å². The molecule has 0 saturated heterocycles. The van der Waals surface area contributed by atoms with Gasteiger partial charge in [0.15, 0.2) is 0 Å². The molecule has 0 fully saturated rings. The fraction of sp³-hybridized carbons (Fsp3) is 0.190. The summed E-state index contributed by atoms with van der Waals surface area (Å²) in [4.78, 5) is 19.6. The van der Waals surface area contributed by atoms with Gasteiger partial charge in [0.25, 0.3) is 5.91 Å². The first-order valence-corrected chi connectivity index (χ1v) is 8.48. The van der Waals surface area contributed by atoms with E-state index in [1.54, 1.807) is 18.5 Å². The summed E-state index contributed by atoms with van der Waals surface area (Å²) in [5, 5.41) is 9.05. The predicted molar refractivity (Wildman–Crippen MR) is 96.8 cm³/mol. The molecule has 1 amide bonds. The maximum Gasteiger partial charge on any atom is 0.253 e. The van der Waals surface area contributed by atoms with E-state index in [0.29, 0.717) is 18.7 Å². The molecule has 0 radical (unpaired) electrons. The number of amides is 1. The number of benzene rings is 2. The fourth-order valence-electron chi connectivity index (χ4n) is 3.58. The van der Waals surface area contributed by atoms with Crippen LogP contribution in [0.15, 0.2) is 67.1 Å². The van der Waals surface area contributed by atoms with Crippen molar-refractivity contribution < 1.29 is 4.79 Å². The lowest BCUT2D eigenvalue weighted by atomic mass is 9.87. The second kappa shape index (κ2) is 6.16. The minimum absolute atomic E-state index is 0.0246. The van der Waals surface area contributed by atoms with Gasteiger partial charge in [-0.1, -0.05) is 42.5 Å². The molecule has 128 valence electrons. The number of carbonyl (C=O) groups is 1. The predicted octanol–water partition coefficient (Wildman–Crippen LogP) is 3.06. The second-order valence-corrected chi connectivity index (χ2v) is 6.66. The van der Waals surface area contributed by atoms with Crippen molar-refractivity contribution in [1.29, 1.82) is 5.26 Å². The molecule has 2 heterocycles. The summed E-state index contributed by atoms with van der Waals surface area (Å²) < 4.78 is 1.94. The Balaban J connectivity index is 1.77. The van der Waals surface area contributed by atoms with Crippen LogP contribution in [0.4, 0.5) is 0 Å². The van der Waals surface area contributed by atoms with Crippen LogP contribution >= 0.6 is 0 Å². The van der Waals surface area contributed by atoms with Crippen molar-refractivity contribution in [1.82, 2.24) is 14.5 Å². The summed E-state index contributed by atoms with van der Waals surface area (Å²) in [6.45, 7) is 3.00. The molecule has 1 aromatic heterocycles. The first-order chi connectivity index (χ1) is 12.6. The van der Waals surface area contributed by atoms with Crippen LogP contribution in [0, 0.1) is 11.3 Å². The number of rotatable bonds is 3. The van der Waals surface area contributed by atoms with Crippen molar-refractivity contribution in [3.8, 4) is 6.07 Å². The zero-order chi connectivity index (χ0) is 18.1.